The Hall–Kier alpha value is -2.13. The second-order valence-corrected chi connectivity index (χ2v) is 5.83. The smallest absolute Gasteiger partial charge is 0.185 e. The first-order chi connectivity index (χ1) is 10.1. The zero-order valence-electron chi connectivity index (χ0n) is 11.6. The highest BCUT2D eigenvalue weighted by molar-refractivity contribution is 9.10. The number of hydrogen-bond acceptors (Lipinski definition) is 1. The van der Waals surface area contributed by atoms with Crippen LogP contribution in [0.4, 0.5) is 0 Å². The Bertz CT molecular complexity index is 828. The van der Waals surface area contributed by atoms with Crippen molar-refractivity contribution in [3.63, 3.8) is 0 Å². The zero-order valence-corrected chi connectivity index (χ0v) is 13.2. The first kappa shape index (κ1) is 13.8. The van der Waals surface area contributed by atoms with Crippen LogP contribution in [-0.2, 0) is 7.05 Å². The average molecular weight is 340 g/mol. The molecule has 0 aliphatic heterocycles. The number of allylic oxidation sites excluding steroid dienone is 1. The third-order valence-electron chi connectivity index (χ3n) is 3.47. The summed E-state index contributed by atoms with van der Waals surface area (Å²) >= 11 is 3.37. The molecule has 0 aliphatic carbocycles. The summed E-state index contributed by atoms with van der Waals surface area (Å²) in [5.41, 5.74) is 2.90. The Morgan fingerprint density at radius 1 is 1.10 bits per heavy atom. The summed E-state index contributed by atoms with van der Waals surface area (Å²) in [6.07, 6.45) is 5.55. The van der Waals surface area contributed by atoms with E-state index in [0.29, 0.717) is 5.56 Å². The van der Waals surface area contributed by atoms with E-state index in [2.05, 4.69) is 32.6 Å². The maximum atomic E-state index is 12.2. The number of para-hydroxylation sites is 1. The Labute approximate surface area is 131 Å². The number of benzene rings is 2. The third kappa shape index (κ3) is 2.83. The van der Waals surface area contributed by atoms with Gasteiger partial charge in [0.05, 0.1) is 0 Å². The fourth-order valence-corrected chi connectivity index (χ4v) is 2.65. The molecule has 0 bridgehead atoms. The predicted octanol–water partition coefficient (Wildman–Crippen LogP) is 4.84. The van der Waals surface area contributed by atoms with E-state index < -0.39 is 0 Å². The van der Waals surface area contributed by atoms with Gasteiger partial charge in [-0.25, -0.2) is 0 Å². The van der Waals surface area contributed by atoms with Crippen LogP contribution in [0.25, 0.3) is 17.0 Å². The topological polar surface area (TPSA) is 22.0 Å². The van der Waals surface area contributed by atoms with Crippen molar-refractivity contribution in [2.24, 2.45) is 7.05 Å². The number of hydrogen-bond donors (Lipinski definition) is 0. The Kier molecular flexibility index (Phi) is 3.76. The standard InChI is InChI=1S/C18H14BrNO/c1-20-12-14(16-4-2-3-5-17(16)20)8-11-18(21)13-6-9-15(19)10-7-13/h2-12H,1H3/b11-8-. The number of aryl methyl sites for hydroxylation is 1. The van der Waals surface area contributed by atoms with Crippen molar-refractivity contribution in [2.45, 2.75) is 0 Å². The largest absolute Gasteiger partial charge is 0.350 e. The van der Waals surface area contributed by atoms with Crippen molar-refractivity contribution in [1.82, 2.24) is 4.57 Å². The molecule has 0 spiro atoms. The molecule has 2 aromatic carbocycles. The second-order valence-electron chi connectivity index (χ2n) is 4.92. The summed E-state index contributed by atoms with van der Waals surface area (Å²) in [6.45, 7) is 0. The summed E-state index contributed by atoms with van der Waals surface area (Å²) in [7, 11) is 2.01. The number of carbonyl (C=O) groups excluding carboxylic acids is 1. The van der Waals surface area contributed by atoms with Gasteiger partial charge < -0.3 is 4.57 Å². The molecule has 104 valence electrons. The van der Waals surface area contributed by atoms with Gasteiger partial charge in [0.2, 0.25) is 0 Å². The van der Waals surface area contributed by atoms with Crippen LogP contribution in [0.5, 0.6) is 0 Å². The van der Waals surface area contributed by atoms with Crippen LogP contribution in [0.15, 0.2) is 65.3 Å². The van der Waals surface area contributed by atoms with Crippen molar-refractivity contribution < 1.29 is 4.79 Å². The molecule has 3 heteroatoms. The number of fused-ring (bicyclic) bond motifs is 1. The molecule has 0 radical (unpaired) electrons. The van der Waals surface area contributed by atoms with Gasteiger partial charge in [-0.1, -0.05) is 34.1 Å². The van der Waals surface area contributed by atoms with Crippen LogP contribution in [0.1, 0.15) is 15.9 Å². The van der Waals surface area contributed by atoms with Crippen molar-refractivity contribution in [3.8, 4) is 0 Å². The minimum Gasteiger partial charge on any atom is -0.350 e. The first-order valence-corrected chi connectivity index (χ1v) is 7.46. The number of aromatic nitrogens is 1. The molecular weight excluding hydrogens is 326 g/mol. The molecule has 0 fully saturated rings. The molecule has 0 saturated heterocycles. The number of ketones is 1. The highest BCUT2D eigenvalue weighted by Crippen LogP contribution is 2.21. The van der Waals surface area contributed by atoms with E-state index in [1.807, 2.05) is 55.7 Å². The van der Waals surface area contributed by atoms with Gasteiger partial charge in [0.1, 0.15) is 0 Å². The van der Waals surface area contributed by atoms with Crippen LogP contribution in [0, 0.1) is 0 Å². The average Bonchev–Trinajstić information content (AvgIpc) is 2.83. The summed E-state index contributed by atoms with van der Waals surface area (Å²) < 4.78 is 3.04. The van der Waals surface area contributed by atoms with E-state index in [1.165, 1.54) is 0 Å². The number of rotatable bonds is 3. The molecule has 0 saturated carbocycles. The first-order valence-electron chi connectivity index (χ1n) is 6.67. The lowest BCUT2D eigenvalue weighted by Crippen LogP contribution is -1.92. The fraction of sp³-hybridized carbons (Fsp3) is 0.0556. The number of halogens is 1. The molecular formula is C18H14BrNO. The molecule has 1 aromatic heterocycles. The van der Waals surface area contributed by atoms with Crippen molar-refractivity contribution in [1.29, 1.82) is 0 Å². The van der Waals surface area contributed by atoms with Gasteiger partial charge in [0.15, 0.2) is 5.78 Å². The zero-order chi connectivity index (χ0) is 14.8. The van der Waals surface area contributed by atoms with E-state index >= 15 is 0 Å². The van der Waals surface area contributed by atoms with E-state index in [-0.39, 0.29) is 5.78 Å². The van der Waals surface area contributed by atoms with Gasteiger partial charge in [-0.05, 0) is 42.5 Å². The van der Waals surface area contributed by atoms with Crippen LogP contribution in [0.3, 0.4) is 0 Å². The van der Waals surface area contributed by atoms with Gasteiger partial charge in [-0.3, -0.25) is 4.79 Å². The van der Waals surface area contributed by atoms with Crippen LogP contribution < -0.4 is 0 Å². The van der Waals surface area contributed by atoms with Gasteiger partial charge in [0.25, 0.3) is 0 Å². The summed E-state index contributed by atoms with van der Waals surface area (Å²) in [5, 5.41) is 1.15. The minimum absolute atomic E-state index is 0.00966. The Morgan fingerprint density at radius 2 is 1.81 bits per heavy atom. The van der Waals surface area contributed by atoms with Gasteiger partial charge >= 0.3 is 0 Å². The quantitative estimate of drug-likeness (QED) is 0.494. The van der Waals surface area contributed by atoms with E-state index in [4.69, 9.17) is 0 Å². The van der Waals surface area contributed by atoms with Gasteiger partial charge in [-0.2, -0.15) is 0 Å². The van der Waals surface area contributed by atoms with E-state index in [0.717, 1.165) is 20.9 Å². The summed E-state index contributed by atoms with van der Waals surface area (Å²) in [4.78, 5) is 12.2. The summed E-state index contributed by atoms with van der Waals surface area (Å²) in [6, 6.07) is 15.6. The molecule has 0 N–H and O–H groups in total. The van der Waals surface area contributed by atoms with E-state index in [9.17, 15) is 4.79 Å². The maximum absolute atomic E-state index is 12.2. The fourth-order valence-electron chi connectivity index (χ4n) is 2.38. The lowest BCUT2D eigenvalue weighted by Gasteiger charge is -1.96. The minimum atomic E-state index is 0.00966. The van der Waals surface area contributed by atoms with Crippen LogP contribution >= 0.6 is 15.9 Å². The molecule has 2 nitrogen and oxygen atoms in total. The SMILES string of the molecule is Cn1cc(/C=C\C(=O)c2ccc(Br)cc2)c2ccccc21. The Balaban J connectivity index is 1.91. The molecule has 3 rings (SSSR count). The molecule has 0 atom stereocenters. The van der Waals surface area contributed by atoms with Crippen LogP contribution in [0.2, 0.25) is 0 Å². The maximum Gasteiger partial charge on any atom is 0.185 e. The van der Waals surface area contributed by atoms with Crippen molar-refractivity contribution in [3.05, 3.63) is 76.4 Å². The van der Waals surface area contributed by atoms with E-state index in [1.54, 1.807) is 6.08 Å². The van der Waals surface area contributed by atoms with Crippen molar-refractivity contribution >= 4 is 38.7 Å². The molecule has 0 aliphatic rings. The second kappa shape index (κ2) is 5.70. The number of carbonyl (C=O) groups is 1. The predicted molar refractivity (Wildman–Crippen MR) is 90.4 cm³/mol. The normalized spacial score (nSPS) is 11.3. The lowest BCUT2D eigenvalue weighted by molar-refractivity contribution is 0.104. The molecule has 3 aromatic rings. The van der Waals surface area contributed by atoms with Crippen LogP contribution in [-0.4, -0.2) is 10.4 Å². The molecule has 0 unspecified atom stereocenters. The molecule has 1 heterocycles. The monoisotopic (exact) mass is 339 g/mol. The van der Waals surface area contributed by atoms with Gasteiger partial charge in [-0.15, -0.1) is 0 Å². The van der Waals surface area contributed by atoms with Crippen molar-refractivity contribution in [2.75, 3.05) is 0 Å². The third-order valence-corrected chi connectivity index (χ3v) is 4.00. The number of nitrogens with zero attached hydrogens (tertiary/aromatic N) is 1. The lowest BCUT2D eigenvalue weighted by atomic mass is 10.1. The highest BCUT2D eigenvalue weighted by Gasteiger charge is 2.05. The molecule has 0 amide bonds. The summed E-state index contributed by atoms with van der Waals surface area (Å²) in [5.74, 6) is 0.00966. The highest BCUT2D eigenvalue weighted by atomic mass is 79.9. The Morgan fingerprint density at radius 3 is 2.57 bits per heavy atom. The molecule has 21 heavy (non-hydrogen) atoms. The van der Waals surface area contributed by atoms with Gasteiger partial charge in [0, 0.05) is 39.7 Å².